The van der Waals surface area contributed by atoms with Crippen molar-refractivity contribution >= 4 is 93.8 Å². The molecule has 0 radical (unpaired) electrons. The van der Waals surface area contributed by atoms with Crippen LogP contribution in [0.25, 0.3) is 11.0 Å². The number of hydrogen-bond acceptors (Lipinski definition) is 6. The quantitative estimate of drug-likeness (QED) is 0.161. The molecule has 3 aromatic rings. The summed E-state index contributed by atoms with van der Waals surface area (Å²) < 4.78 is 5.45. The van der Waals surface area contributed by atoms with Crippen molar-refractivity contribution in [1.82, 2.24) is 0 Å². The molecular formula is C28H34Na2O7S. The SMILES string of the molecule is CCCCc1ccc(C(Sc2ccc3c(C)c(CC(=O)O)c(=O)oc3c2)C(O)CCCC(=O)O)cc1.[NaH].[NaH]. The van der Waals surface area contributed by atoms with Gasteiger partial charge in [-0.2, -0.15) is 0 Å². The minimum atomic E-state index is -1.10. The first kappa shape index (κ1) is 34.9. The molecule has 3 rings (SSSR count). The molecule has 0 aliphatic carbocycles. The number of hydrogen-bond donors (Lipinski definition) is 3. The normalized spacial score (nSPS) is 12.3. The monoisotopic (exact) mass is 560 g/mol. The Hall–Kier alpha value is -1.10. The van der Waals surface area contributed by atoms with Gasteiger partial charge in [-0.05, 0) is 67.5 Å². The zero-order chi connectivity index (χ0) is 26.2. The Bertz CT molecular complexity index is 1270. The van der Waals surface area contributed by atoms with E-state index in [0.717, 1.165) is 29.7 Å². The maximum absolute atomic E-state index is 12.4. The van der Waals surface area contributed by atoms with Gasteiger partial charge in [0.2, 0.25) is 0 Å². The fraction of sp³-hybridized carbons (Fsp3) is 0.393. The van der Waals surface area contributed by atoms with Crippen LogP contribution in [0, 0.1) is 6.92 Å². The predicted molar refractivity (Wildman–Crippen MR) is 154 cm³/mol. The summed E-state index contributed by atoms with van der Waals surface area (Å²) in [6.07, 6.45) is 2.70. The second-order valence-electron chi connectivity index (χ2n) is 8.96. The standard InChI is InChI=1S/C28H32O7S.2Na.2H/c1-3-4-6-18-9-11-19(12-10-18)27(23(29)7-5-8-25(30)31)36-20-13-14-21-17(2)22(16-26(32)33)28(34)35-24(21)15-20;;;;/h9-15,23,27,29H,3-8,16H2,1-2H3,(H,30,31)(H,32,33);;;;. The molecule has 2 unspecified atom stereocenters. The molecular weight excluding hydrogens is 526 g/mol. The second-order valence-corrected chi connectivity index (χ2v) is 10.2. The number of carbonyl (C=O) groups is 2. The van der Waals surface area contributed by atoms with Gasteiger partial charge in [-0.1, -0.05) is 37.6 Å². The minimum absolute atomic E-state index is 0. The van der Waals surface area contributed by atoms with Gasteiger partial charge in [0.25, 0.3) is 0 Å². The fourth-order valence-electron chi connectivity index (χ4n) is 4.19. The number of unbranched alkanes of at least 4 members (excludes halogenated alkanes) is 1. The molecule has 0 spiro atoms. The van der Waals surface area contributed by atoms with Crippen LogP contribution >= 0.6 is 11.8 Å². The van der Waals surface area contributed by atoms with Crippen LogP contribution < -0.4 is 5.63 Å². The summed E-state index contributed by atoms with van der Waals surface area (Å²) >= 11 is 1.42. The number of carboxylic acids is 2. The first-order valence-electron chi connectivity index (χ1n) is 12.1. The van der Waals surface area contributed by atoms with E-state index in [1.54, 1.807) is 19.1 Å². The van der Waals surface area contributed by atoms with Crippen molar-refractivity contribution in [3.63, 3.8) is 0 Å². The average Bonchev–Trinajstić information content (AvgIpc) is 2.83. The molecule has 0 aliphatic heterocycles. The van der Waals surface area contributed by atoms with E-state index in [4.69, 9.17) is 14.6 Å². The van der Waals surface area contributed by atoms with Crippen molar-refractivity contribution in [2.45, 2.75) is 75.0 Å². The van der Waals surface area contributed by atoms with Gasteiger partial charge < -0.3 is 19.7 Å². The van der Waals surface area contributed by atoms with Crippen LogP contribution in [0.1, 0.15) is 66.5 Å². The maximum atomic E-state index is 12.4. The van der Waals surface area contributed by atoms with Crippen LogP contribution in [0.2, 0.25) is 0 Å². The van der Waals surface area contributed by atoms with E-state index in [-0.39, 0.29) is 76.3 Å². The van der Waals surface area contributed by atoms with Crippen LogP contribution in [0.15, 0.2) is 56.6 Å². The molecule has 2 atom stereocenters. The summed E-state index contributed by atoms with van der Waals surface area (Å²) in [5, 5.41) is 29.4. The van der Waals surface area contributed by atoms with Gasteiger partial charge in [0.05, 0.1) is 23.3 Å². The fourth-order valence-corrected chi connectivity index (χ4v) is 5.39. The van der Waals surface area contributed by atoms with E-state index in [9.17, 15) is 19.5 Å². The third-order valence-corrected chi connectivity index (χ3v) is 7.58. The van der Waals surface area contributed by atoms with Crippen LogP contribution in [0.5, 0.6) is 0 Å². The van der Waals surface area contributed by atoms with Gasteiger partial charge in [-0.3, -0.25) is 9.59 Å². The summed E-state index contributed by atoms with van der Waals surface area (Å²) in [6.45, 7) is 3.86. The zero-order valence-corrected chi connectivity index (χ0v) is 21.3. The van der Waals surface area contributed by atoms with Crippen molar-refractivity contribution in [1.29, 1.82) is 0 Å². The molecule has 0 fully saturated rings. The van der Waals surface area contributed by atoms with Gasteiger partial charge in [-0.25, -0.2) is 4.79 Å². The van der Waals surface area contributed by atoms with Gasteiger partial charge in [0, 0.05) is 16.7 Å². The first-order chi connectivity index (χ1) is 17.2. The van der Waals surface area contributed by atoms with E-state index in [1.165, 1.54) is 17.3 Å². The van der Waals surface area contributed by atoms with Crippen molar-refractivity contribution < 1.29 is 29.3 Å². The van der Waals surface area contributed by atoms with E-state index in [0.29, 0.717) is 29.4 Å². The van der Waals surface area contributed by atoms with Crippen molar-refractivity contribution in [3.05, 3.63) is 75.1 Å². The molecule has 0 aliphatic rings. The summed E-state index contributed by atoms with van der Waals surface area (Å²) in [4.78, 5) is 35.3. The Morgan fingerprint density at radius 1 is 1.00 bits per heavy atom. The van der Waals surface area contributed by atoms with Crippen molar-refractivity contribution in [3.8, 4) is 0 Å². The zero-order valence-electron chi connectivity index (χ0n) is 20.5. The van der Waals surface area contributed by atoms with Gasteiger partial charge >= 0.3 is 76.7 Å². The van der Waals surface area contributed by atoms with Crippen LogP contribution in [0.4, 0.5) is 0 Å². The number of fused-ring (bicyclic) bond motifs is 1. The average molecular weight is 561 g/mol. The molecule has 38 heavy (non-hydrogen) atoms. The molecule has 7 nitrogen and oxygen atoms in total. The predicted octanol–water partition coefficient (Wildman–Crippen LogP) is 4.22. The Labute approximate surface area is 271 Å². The first-order valence-corrected chi connectivity index (χ1v) is 13.0. The number of aliphatic hydroxyl groups excluding tert-OH is 1. The number of aliphatic carboxylic acids is 2. The van der Waals surface area contributed by atoms with Gasteiger partial charge in [0.15, 0.2) is 0 Å². The van der Waals surface area contributed by atoms with Crippen molar-refractivity contribution in [2.75, 3.05) is 0 Å². The Kier molecular flexibility index (Phi) is 15.5. The summed E-state index contributed by atoms with van der Waals surface area (Å²) in [5.41, 5.74) is 2.55. The third kappa shape index (κ3) is 9.82. The third-order valence-electron chi connectivity index (χ3n) is 6.22. The number of thioether (sulfide) groups is 1. The molecule has 10 heteroatoms. The molecule has 1 aromatic heterocycles. The molecule has 2 aromatic carbocycles. The Balaban J connectivity index is 0.00000361. The Morgan fingerprint density at radius 2 is 1.68 bits per heavy atom. The van der Waals surface area contributed by atoms with E-state index < -0.39 is 30.1 Å². The molecule has 0 amide bonds. The van der Waals surface area contributed by atoms with Crippen LogP contribution in [-0.2, 0) is 22.4 Å². The molecule has 196 valence electrons. The molecule has 0 bridgehead atoms. The molecule has 0 saturated carbocycles. The second kappa shape index (κ2) is 16.9. The van der Waals surface area contributed by atoms with Gasteiger partial charge in [-0.15, -0.1) is 11.8 Å². The topological polar surface area (TPSA) is 125 Å². The van der Waals surface area contributed by atoms with E-state index in [2.05, 4.69) is 19.1 Å². The van der Waals surface area contributed by atoms with E-state index >= 15 is 0 Å². The number of rotatable bonds is 13. The van der Waals surface area contributed by atoms with Crippen LogP contribution in [0.3, 0.4) is 0 Å². The number of carboxylic acid groups (broad SMARTS) is 2. The Morgan fingerprint density at radius 3 is 2.29 bits per heavy atom. The summed E-state index contributed by atoms with van der Waals surface area (Å²) in [7, 11) is 0. The summed E-state index contributed by atoms with van der Waals surface area (Å²) in [6, 6.07) is 13.5. The van der Waals surface area contributed by atoms with Gasteiger partial charge in [0.1, 0.15) is 5.58 Å². The van der Waals surface area contributed by atoms with Crippen molar-refractivity contribution in [2.24, 2.45) is 0 Å². The number of benzene rings is 2. The molecule has 3 N–H and O–H groups in total. The van der Waals surface area contributed by atoms with E-state index in [1.807, 2.05) is 18.2 Å². The molecule has 1 heterocycles. The van der Waals surface area contributed by atoms with Crippen LogP contribution in [-0.4, -0.2) is 92.5 Å². The number of aryl methyl sites for hydroxylation is 2. The summed E-state index contributed by atoms with van der Waals surface area (Å²) in [5.74, 6) is -1.99. The number of aliphatic hydroxyl groups is 1. The molecule has 0 saturated heterocycles.